The molecule has 3 nitrogen and oxygen atoms in total. The molecular formula is C10H12ClFN2O. The topological polar surface area (TPSA) is 32.3 Å². The van der Waals surface area contributed by atoms with Crippen molar-refractivity contribution in [3.63, 3.8) is 0 Å². The number of hydrogen-bond acceptors (Lipinski definition) is 1. The first-order valence-electron chi connectivity index (χ1n) is 4.51. The van der Waals surface area contributed by atoms with Crippen LogP contribution in [0.3, 0.4) is 0 Å². The zero-order valence-corrected chi connectivity index (χ0v) is 9.31. The predicted octanol–water partition coefficient (Wildman–Crippen LogP) is 2.96. The molecule has 0 aliphatic carbocycles. The molecule has 1 rings (SSSR count). The van der Waals surface area contributed by atoms with E-state index in [1.807, 2.05) is 6.92 Å². The van der Waals surface area contributed by atoms with Crippen LogP contribution in [0.1, 0.15) is 6.92 Å². The van der Waals surface area contributed by atoms with Crippen LogP contribution in [0.15, 0.2) is 18.2 Å². The van der Waals surface area contributed by atoms with Gasteiger partial charge in [-0.3, -0.25) is 0 Å². The van der Waals surface area contributed by atoms with Crippen LogP contribution < -0.4 is 5.32 Å². The third-order valence-corrected chi connectivity index (χ3v) is 2.23. The number of hydrogen-bond donors (Lipinski definition) is 1. The summed E-state index contributed by atoms with van der Waals surface area (Å²) in [6, 6.07) is 3.65. The van der Waals surface area contributed by atoms with Gasteiger partial charge in [0.2, 0.25) is 0 Å². The average molecular weight is 231 g/mol. The van der Waals surface area contributed by atoms with Crippen molar-refractivity contribution in [2.45, 2.75) is 6.92 Å². The van der Waals surface area contributed by atoms with Crippen LogP contribution >= 0.6 is 11.6 Å². The van der Waals surface area contributed by atoms with Gasteiger partial charge in [-0.15, -0.1) is 0 Å². The smallest absolute Gasteiger partial charge is 0.321 e. The molecule has 0 aromatic heterocycles. The zero-order valence-electron chi connectivity index (χ0n) is 8.55. The fourth-order valence-corrected chi connectivity index (χ4v) is 1.12. The first kappa shape index (κ1) is 11.8. The van der Waals surface area contributed by atoms with E-state index in [1.165, 1.54) is 23.1 Å². The van der Waals surface area contributed by atoms with E-state index in [9.17, 15) is 9.18 Å². The van der Waals surface area contributed by atoms with Crippen molar-refractivity contribution in [3.8, 4) is 0 Å². The Bertz CT molecular complexity index is 370. The standard InChI is InChI=1S/C10H12ClFN2O/c1-3-14(2)10(15)13-9-6-7(11)4-5-8(9)12/h4-6H,3H2,1-2H3,(H,13,15). The van der Waals surface area contributed by atoms with Gasteiger partial charge in [0, 0.05) is 18.6 Å². The van der Waals surface area contributed by atoms with E-state index in [2.05, 4.69) is 5.32 Å². The Labute approximate surface area is 92.8 Å². The molecule has 82 valence electrons. The van der Waals surface area contributed by atoms with E-state index < -0.39 is 5.82 Å². The Balaban J connectivity index is 2.80. The highest BCUT2D eigenvalue weighted by Gasteiger charge is 2.09. The molecule has 1 aromatic carbocycles. The highest BCUT2D eigenvalue weighted by Crippen LogP contribution is 2.19. The van der Waals surface area contributed by atoms with Gasteiger partial charge in [0.25, 0.3) is 0 Å². The van der Waals surface area contributed by atoms with Crippen molar-refractivity contribution in [3.05, 3.63) is 29.0 Å². The average Bonchev–Trinajstić information content (AvgIpc) is 2.22. The molecule has 0 saturated heterocycles. The summed E-state index contributed by atoms with van der Waals surface area (Å²) in [5.41, 5.74) is 0.0906. The van der Waals surface area contributed by atoms with Gasteiger partial charge >= 0.3 is 6.03 Å². The lowest BCUT2D eigenvalue weighted by molar-refractivity contribution is 0.224. The molecule has 0 atom stereocenters. The number of benzene rings is 1. The Kier molecular flexibility index (Phi) is 3.91. The quantitative estimate of drug-likeness (QED) is 0.833. The normalized spacial score (nSPS) is 9.87. The summed E-state index contributed by atoms with van der Waals surface area (Å²) in [6.45, 7) is 2.38. The molecule has 0 heterocycles. The summed E-state index contributed by atoms with van der Waals surface area (Å²) >= 11 is 5.68. The van der Waals surface area contributed by atoms with Crippen molar-refractivity contribution in [2.75, 3.05) is 18.9 Å². The maximum Gasteiger partial charge on any atom is 0.321 e. The van der Waals surface area contributed by atoms with Crippen molar-refractivity contribution < 1.29 is 9.18 Å². The molecule has 2 amide bonds. The number of amides is 2. The third kappa shape index (κ3) is 3.09. The van der Waals surface area contributed by atoms with Crippen LogP contribution in [0, 0.1) is 5.82 Å². The molecular weight excluding hydrogens is 219 g/mol. The van der Waals surface area contributed by atoms with Gasteiger partial charge < -0.3 is 10.2 Å². The summed E-state index contributed by atoms with van der Waals surface area (Å²) in [7, 11) is 1.62. The minimum Gasteiger partial charge on any atom is -0.328 e. The second-order valence-corrected chi connectivity index (χ2v) is 3.50. The number of rotatable bonds is 2. The fourth-order valence-electron chi connectivity index (χ4n) is 0.948. The molecule has 0 aliphatic heterocycles. The molecule has 0 saturated carbocycles. The minimum atomic E-state index is -0.503. The molecule has 0 bridgehead atoms. The van der Waals surface area contributed by atoms with Crippen LogP contribution in [-0.4, -0.2) is 24.5 Å². The second kappa shape index (κ2) is 4.98. The lowest BCUT2D eigenvalue weighted by Crippen LogP contribution is -2.31. The molecule has 1 N–H and O–H groups in total. The van der Waals surface area contributed by atoms with E-state index in [1.54, 1.807) is 7.05 Å². The Morgan fingerprint density at radius 3 is 2.87 bits per heavy atom. The molecule has 0 spiro atoms. The second-order valence-electron chi connectivity index (χ2n) is 3.07. The molecule has 5 heteroatoms. The lowest BCUT2D eigenvalue weighted by Gasteiger charge is -2.15. The Hall–Kier alpha value is -1.29. The van der Waals surface area contributed by atoms with E-state index in [0.717, 1.165) is 0 Å². The molecule has 15 heavy (non-hydrogen) atoms. The number of nitrogens with zero attached hydrogens (tertiary/aromatic N) is 1. The summed E-state index contributed by atoms with van der Waals surface area (Å²) in [6.07, 6.45) is 0. The van der Waals surface area contributed by atoms with Gasteiger partial charge in [-0.05, 0) is 25.1 Å². The van der Waals surface area contributed by atoms with Gasteiger partial charge in [-0.25, -0.2) is 9.18 Å². The van der Waals surface area contributed by atoms with Crippen LogP contribution in [0.25, 0.3) is 0 Å². The maximum absolute atomic E-state index is 13.2. The highest BCUT2D eigenvalue weighted by atomic mass is 35.5. The first-order chi connectivity index (χ1) is 7.04. The summed E-state index contributed by atoms with van der Waals surface area (Å²) in [4.78, 5) is 12.8. The largest absolute Gasteiger partial charge is 0.328 e. The van der Waals surface area contributed by atoms with Crippen molar-refractivity contribution in [1.82, 2.24) is 4.90 Å². The highest BCUT2D eigenvalue weighted by molar-refractivity contribution is 6.30. The fraction of sp³-hybridized carbons (Fsp3) is 0.300. The molecule has 0 fully saturated rings. The SMILES string of the molecule is CCN(C)C(=O)Nc1cc(Cl)ccc1F. The van der Waals surface area contributed by atoms with Crippen LogP contribution in [0.5, 0.6) is 0 Å². The molecule has 0 unspecified atom stereocenters. The van der Waals surface area contributed by atoms with Crippen molar-refractivity contribution in [2.24, 2.45) is 0 Å². The number of carbonyl (C=O) groups is 1. The van der Waals surface area contributed by atoms with Gasteiger partial charge in [-0.1, -0.05) is 11.6 Å². The van der Waals surface area contributed by atoms with Crippen LogP contribution in [-0.2, 0) is 0 Å². The number of urea groups is 1. The zero-order chi connectivity index (χ0) is 11.4. The number of carbonyl (C=O) groups excluding carboxylic acids is 1. The van der Waals surface area contributed by atoms with Gasteiger partial charge in [0.15, 0.2) is 0 Å². The van der Waals surface area contributed by atoms with Gasteiger partial charge in [0.1, 0.15) is 5.82 Å². The lowest BCUT2D eigenvalue weighted by atomic mass is 10.3. The molecule has 1 aromatic rings. The van der Waals surface area contributed by atoms with E-state index in [-0.39, 0.29) is 11.7 Å². The first-order valence-corrected chi connectivity index (χ1v) is 4.89. The van der Waals surface area contributed by atoms with Gasteiger partial charge in [0.05, 0.1) is 5.69 Å². The van der Waals surface area contributed by atoms with E-state index >= 15 is 0 Å². The number of halogens is 2. The maximum atomic E-state index is 13.2. The summed E-state index contributed by atoms with van der Waals surface area (Å²) in [5, 5.41) is 2.81. The number of anilines is 1. The third-order valence-electron chi connectivity index (χ3n) is 1.99. The van der Waals surface area contributed by atoms with Gasteiger partial charge in [-0.2, -0.15) is 0 Å². The Morgan fingerprint density at radius 1 is 1.60 bits per heavy atom. The Morgan fingerprint density at radius 2 is 2.27 bits per heavy atom. The minimum absolute atomic E-state index is 0.0906. The monoisotopic (exact) mass is 230 g/mol. The summed E-state index contributed by atoms with van der Waals surface area (Å²) in [5.74, 6) is -0.503. The van der Waals surface area contributed by atoms with Crippen molar-refractivity contribution in [1.29, 1.82) is 0 Å². The van der Waals surface area contributed by atoms with E-state index in [0.29, 0.717) is 11.6 Å². The summed E-state index contributed by atoms with van der Waals surface area (Å²) < 4.78 is 13.2. The van der Waals surface area contributed by atoms with E-state index in [4.69, 9.17) is 11.6 Å². The van der Waals surface area contributed by atoms with Crippen LogP contribution in [0.4, 0.5) is 14.9 Å². The van der Waals surface area contributed by atoms with Crippen molar-refractivity contribution >= 4 is 23.3 Å². The predicted molar refractivity (Wildman–Crippen MR) is 58.7 cm³/mol. The van der Waals surface area contributed by atoms with Crippen LogP contribution in [0.2, 0.25) is 5.02 Å². The molecule has 0 aliphatic rings. The molecule has 0 radical (unpaired) electrons. The number of nitrogens with one attached hydrogen (secondary N) is 1.